The summed E-state index contributed by atoms with van der Waals surface area (Å²) in [7, 11) is 1.57. The number of aryl methyl sites for hydroxylation is 1. The first-order chi connectivity index (χ1) is 6.49. The Labute approximate surface area is 83.1 Å². The molecule has 0 aliphatic heterocycles. The van der Waals surface area contributed by atoms with Crippen LogP contribution in [0.15, 0.2) is 0 Å². The summed E-state index contributed by atoms with van der Waals surface area (Å²) >= 11 is 0. The lowest BCUT2D eigenvalue weighted by Gasteiger charge is -2.12. The molecule has 0 aliphatic rings. The van der Waals surface area contributed by atoms with Gasteiger partial charge >= 0.3 is 0 Å². The molecule has 2 N–H and O–H groups in total. The molecule has 4 heteroatoms. The highest BCUT2D eigenvalue weighted by atomic mass is 16.5. The SMILES string of the molecule is COc1c(C)c(C)nc(C(N)=O)c1C. The largest absolute Gasteiger partial charge is 0.496 e. The first-order valence-electron chi connectivity index (χ1n) is 4.30. The van der Waals surface area contributed by atoms with Gasteiger partial charge in [0.15, 0.2) is 0 Å². The van der Waals surface area contributed by atoms with Gasteiger partial charge in [-0.3, -0.25) is 4.79 Å². The predicted octanol–water partition coefficient (Wildman–Crippen LogP) is 1.11. The third-order valence-electron chi connectivity index (χ3n) is 2.30. The third kappa shape index (κ3) is 1.55. The number of nitrogens with zero attached hydrogens (tertiary/aromatic N) is 1. The summed E-state index contributed by atoms with van der Waals surface area (Å²) in [5.74, 6) is 0.162. The molecule has 0 unspecified atom stereocenters. The molecule has 0 spiro atoms. The maximum atomic E-state index is 11.1. The minimum atomic E-state index is -0.524. The van der Waals surface area contributed by atoms with Gasteiger partial charge in [-0.1, -0.05) is 0 Å². The van der Waals surface area contributed by atoms with Crippen molar-refractivity contribution in [3.63, 3.8) is 0 Å². The molecule has 1 rings (SSSR count). The van der Waals surface area contributed by atoms with Gasteiger partial charge in [-0.2, -0.15) is 0 Å². The van der Waals surface area contributed by atoms with E-state index >= 15 is 0 Å². The van der Waals surface area contributed by atoms with Crippen LogP contribution in [0.25, 0.3) is 0 Å². The molecular formula is C10H14N2O2. The molecule has 4 nitrogen and oxygen atoms in total. The van der Waals surface area contributed by atoms with Gasteiger partial charge in [-0.15, -0.1) is 0 Å². The highest BCUT2D eigenvalue weighted by molar-refractivity contribution is 5.93. The van der Waals surface area contributed by atoms with Crippen molar-refractivity contribution in [1.82, 2.24) is 4.98 Å². The topological polar surface area (TPSA) is 65.2 Å². The summed E-state index contributed by atoms with van der Waals surface area (Å²) in [6, 6.07) is 0. The summed E-state index contributed by atoms with van der Waals surface area (Å²) in [5, 5.41) is 0. The number of nitrogens with two attached hydrogens (primary N) is 1. The molecule has 1 aromatic heterocycles. The number of amides is 1. The van der Waals surface area contributed by atoms with E-state index in [4.69, 9.17) is 10.5 Å². The van der Waals surface area contributed by atoms with Gasteiger partial charge < -0.3 is 10.5 Å². The molecule has 0 saturated carbocycles. The number of carbonyl (C=O) groups excluding carboxylic acids is 1. The maximum absolute atomic E-state index is 11.1. The Morgan fingerprint density at radius 2 is 1.86 bits per heavy atom. The van der Waals surface area contributed by atoms with Crippen molar-refractivity contribution in [1.29, 1.82) is 0 Å². The standard InChI is InChI=1S/C10H14N2O2/c1-5-7(3)12-8(10(11)13)6(2)9(5)14-4/h1-4H3,(H2,11,13). The van der Waals surface area contributed by atoms with Gasteiger partial charge in [0.2, 0.25) is 0 Å². The highest BCUT2D eigenvalue weighted by Crippen LogP contribution is 2.26. The highest BCUT2D eigenvalue weighted by Gasteiger charge is 2.15. The van der Waals surface area contributed by atoms with Crippen LogP contribution in [0, 0.1) is 20.8 Å². The van der Waals surface area contributed by atoms with E-state index in [1.54, 1.807) is 14.0 Å². The van der Waals surface area contributed by atoms with E-state index in [9.17, 15) is 4.79 Å². The molecule has 1 amide bonds. The van der Waals surface area contributed by atoms with Crippen LogP contribution >= 0.6 is 0 Å². The molecule has 0 fully saturated rings. The van der Waals surface area contributed by atoms with Crippen molar-refractivity contribution in [2.45, 2.75) is 20.8 Å². The fourth-order valence-corrected chi connectivity index (χ4v) is 1.43. The molecule has 0 saturated heterocycles. The number of methoxy groups -OCH3 is 1. The summed E-state index contributed by atoms with van der Waals surface area (Å²) in [6.45, 7) is 5.50. The monoisotopic (exact) mass is 194 g/mol. The number of ether oxygens (including phenoxy) is 1. The molecule has 1 heterocycles. The zero-order valence-corrected chi connectivity index (χ0v) is 8.84. The molecule has 0 atom stereocenters. The minimum absolute atomic E-state index is 0.282. The number of aromatic nitrogens is 1. The number of rotatable bonds is 2. The van der Waals surface area contributed by atoms with E-state index in [-0.39, 0.29) is 5.69 Å². The van der Waals surface area contributed by atoms with Crippen LogP contribution in [-0.2, 0) is 0 Å². The Hall–Kier alpha value is -1.58. The molecule has 1 aromatic rings. The van der Waals surface area contributed by atoms with Gasteiger partial charge in [0, 0.05) is 16.8 Å². The Kier molecular flexibility index (Phi) is 2.74. The first-order valence-corrected chi connectivity index (χ1v) is 4.30. The Morgan fingerprint density at radius 1 is 1.29 bits per heavy atom. The zero-order valence-electron chi connectivity index (χ0n) is 8.84. The maximum Gasteiger partial charge on any atom is 0.267 e. The van der Waals surface area contributed by atoms with Crippen LogP contribution in [0.4, 0.5) is 0 Å². The number of primary amides is 1. The fourth-order valence-electron chi connectivity index (χ4n) is 1.43. The van der Waals surface area contributed by atoms with Gasteiger partial charge in [0.25, 0.3) is 5.91 Å². The average Bonchev–Trinajstić information content (AvgIpc) is 2.12. The molecular weight excluding hydrogens is 180 g/mol. The third-order valence-corrected chi connectivity index (χ3v) is 2.30. The first kappa shape index (κ1) is 10.5. The van der Waals surface area contributed by atoms with Crippen molar-refractivity contribution in [2.75, 3.05) is 7.11 Å². The van der Waals surface area contributed by atoms with E-state index in [0.29, 0.717) is 11.3 Å². The predicted molar refractivity (Wildman–Crippen MR) is 53.5 cm³/mol. The second kappa shape index (κ2) is 3.65. The second-order valence-corrected chi connectivity index (χ2v) is 3.19. The molecule has 0 aromatic carbocycles. The molecule has 0 aliphatic carbocycles. The second-order valence-electron chi connectivity index (χ2n) is 3.19. The molecule has 0 bridgehead atoms. The van der Waals surface area contributed by atoms with Crippen LogP contribution in [0.1, 0.15) is 27.3 Å². The van der Waals surface area contributed by atoms with Crippen molar-refractivity contribution in [2.24, 2.45) is 5.73 Å². The molecule has 76 valence electrons. The lowest BCUT2D eigenvalue weighted by Crippen LogP contribution is -2.16. The van der Waals surface area contributed by atoms with Gasteiger partial charge in [0.1, 0.15) is 11.4 Å². The quantitative estimate of drug-likeness (QED) is 0.767. The number of hydrogen-bond donors (Lipinski definition) is 1. The van der Waals surface area contributed by atoms with Crippen LogP contribution < -0.4 is 10.5 Å². The molecule has 14 heavy (non-hydrogen) atoms. The summed E-state index contributed by atoms with van der Waals surface area (Å²) in [5.41, 5.74) is 7.88. The van der Waals surface area contributed by atoms with Crippen LogP contribution in [-0.4, -0.2) is 18.0 Å². The van der Waals surface area contributed by atoms with Crippen molar-refractivity contribution in [3.05, 3.63) is 22.5 Å². The Bertz CT molecular complexity index is 386. The van der Waals surface area contributed by atoms with Crippen molar-refractivity contribution in [3.8, 4) is 5.75 Å². The van der Waals surface area contributed by atoms with Crippen molar-refractivity contribution >= 4 is 5.91 Å². The lowest BCUT2D eigenvalue weighted by atomic mass is 10.1. The number of carbonyl (C=O) groups is 1. The smallest absolute Gasteiger partial charge is 0.267 e. The van der Waals surface area contributed by atoms with Crippen LogP contribution in [0.2, 0.25) is 0 Å². The summed E-state index contributed by atoms with van der Waals surface area (Å²) < 4.78 is 5.20. The van der Waals surface area contributed by atoms with E-state index in [0.717, 1.165) is 11.3 Å². The minimum Gasteiger partial charge on any atom is -0.496 e. The van der Waals surface area contributed by atoms with E-state index in [1.165, 1.54) is 0 Å². The van der Waals surface area contributed by atoms with E-state index in [1.807, 2.05) is 13.8 Å². The lowest BCUT2D eigenvalue weighted by molar-refractivity contribution is 0.0994. The van der Waals surface area contributed by atoms with Crippen LogP contribution in [0.3, 0.4) is 0 Å². The normalized spacial score (nSPS) is 10.0. The van der Waals surface area contributed by atoms with Gasteiger partial charge in [0.05, 0.1) is 7.11 Å². The number of pyridine rings is 1. The number of hydrogen-bond acceptors (Lipinski definition) is 3. The molecule has 0 radical (unpaired) electrons. The van der Waals surface area contributed by atoms with Gasteiger partial charge in [-0.05, 0) is 20.8 Å². The fraction of sp³-hybridized carbons (Fsp3) is 0.400. The average molecular weight is 194 g/mol. The van der Waals surface area contributed by atoms with Gasteiger partial charge in [-0.25, -0.2) is 4.98 Å². The van der Waals surface area contributed by atoms with Crippen LogP contribution in [0.5, 0.6) is 5.75 Å². The van der Waals surface area contributed by atoms with E-state index in [2.05, 4.69) is 4.98 Å². The van der Waals surface area contributed by atoms with Crippen molar-refractivity contribution < 1.29 is 9.53 Å². The summed E-state index contributed by atoms with van der Waals surface area (Å²) in [6.07, 6.45) is 0. The summed E-state index contributed by atoms with van der Waals surface area (Å²) in [4.78, 5) is 15.2. The Morgan fingerprint density at radius 3 is 2.29 bits per heavy atom. The Balaban J connectivity index is 3.50. The zero-order chi connectivity index (χ0) is 10.9. The van der Waals surface area contributed by atoms with E-state index < -0.39 is 5.91 Å².